The van der Waals surface area contributed by atoms with Crippen LogP contribution in [0.15, 0.2) is 0 Å². The Balaban J connectivity index is 1.97. The first kappa shape index (κ1) is 13.3. The first-order valence-electron chi connectivity index (χ1n) is 6.81. The van der Waals surface area contributed by atoms with Crippen LogP contribution in [0.25, 0.3) is 0 Å². The maximum atomic E-state index is 11.5. The average molecular weight is 225 g/mol. The Kier molecular flexibility index (Phi) is 7.02. The van der Waals surface area contributed by atoms with Gasteiger partial charge in [-0.3, -0.25) is 0 Å². The quantitative estimate of drug-likeness (QED) is 0.693. The third kappa shape index (κ3) is 5.99. The molecule has 1 radical (unpaired) electrons. The highest BCUT2D eigenvalue weighted by atomic mass is 16.2. The van der Waals surface area contributed by atoms with Gasteiger partial charge in [-0.25, -0.2) is 10.1 Å². The molecule has 1 fully saturated rings. The van der Waals surface area contributed by atoms with E-state index >= 15 is 0 Å². The SMILES string of the molecule is CCCCCCNC(=O)[N]C1CCCCC1. The van der Waals surface area contributed by atoms with E-state index in [1.54, 1.807) is 0 Å². The molecule has 0 aromatic heterocycles. The zero-order valence-corrected chi connectivity index (χ0v) is 10.5. The number of urea groups is 1. The number of nitrogens with one attached hydrogen (secondary N) is 1. The summed E-state index contributed by atoms with van der Waals surface area (Å²) in [7, 11) is 0. The standard InChI is InChI=1S/C13H25N2O/c1-2-3-4-8-11-14-13(16)15-12-9-6-5-7-10-12/h12H,2-11H2,1H3,(H,14,16). The summed E-state index contributed by atoms with van der Waals surface area (Å²) in [6.07, 6.45) is 10.8. The van der Waals surface area contributed by atoms with Crippen molar-refractivity contribution in [2.45, 2.75) is 70.8 Å². The molecule has 93 valence electrons. The molecule has 3 nitrogen and oxygen atoms in total. The van der Waals surface area contributed by atoms with E-state index in [-0.39, 0.29) is 6.03 Å². The summed E-state index contributed by atoms with van der Waals surface area (Å²) in [5.74, 6) is 0. The van der Waals surface area contributed by atoms with Crippen LogP contribution in [0.4, 0.5) is 4.79 Å². The molecular formula is C13H25N2O. The molecule has 1 rings (SSSR count). The van der Waals surface area contributed by atoms with Gasteiger partial charge < -0.3 is 5.32 Å². The lowest BCUT2D eigenvalue weighted by molar-refractivity contribution is 0.231. The van der Waals surface area contributed by atoms with Crippen LogP contribution >= 0.6 is 0 Å². The fourth-order valence-corrected chi connectivity index (χ4v) is 2.17. The summed E-state index contributed by atoms with van der Waals surface area (Å²) < 4.78 is 0. The van der Waals surface area contributed by atoms with Crippen LogP contribution in [0.5, 0.6) is 0 Å². The Morgan fingerprint density at radius 3 is 2.62 bits per heavy atom. The molecule has 3 heteroatoms. The highest BCUT2D eigenvalue weighted by Gasteiger charge is 2.16. The Bertz CT molecular complexity index is 188. The van der Waals surface area contributed by atoms with E-state index < -0.39 is 0 Å². The van der Waals surface area contributed by atoms with Crippen LogP contribution in [0.3, 0.4) is 0 Å². The van der Waals surface area contributed by atoms with Crippen LogP contribution in [0, 0.1) is 0 Å². The maximum absolute atomic E-state index is 11.5. The maximum Gasteiger partial charge on any atom is 0.336 e. The summed E-state index contributed by atoms with van der Waals surface area (Å²) in [5, 5.41) is 7.09. The van der Waals surface area contributed by atoms with Gasteiger partial charge in [0, 0.05) is 6.54 Å². The van der Waals surface area contributed by atoms with Crippen molar-refractivity contribution in [3.63, 3.8) is 0 Å². The number of rotatable bonds is 6. The summed E-state index contributed by atoms with van der Waals surface area (Å²) in [4.78, 5) is 11.5. The van der Waals surface area contributed by atoms with Crippen molar-refractivity contribution in [3.8, 4) is 0 Å². The fourth-order valence-electron chi connectivity index (χ4n) is 2.17. The van der Waals surface area contributed by atoms with E-state index in [4.69, 9.17) is 0 Å². The largest absolute Gasteiger partial charge is 0.337 e. The summed E-state index contributed by atoms with van der Waals surface area (Å²) in [6.45, 7) is 2.98. The smallest absolute Gasteiger partial charge is 0.336 e. The van der Waals surface area contributed by atoms with E-state index in [1.807, 2.05) is 0 Å². The molecule has 1 aliphatic rings. The summed E-state index contributed by atoms with van der Waals surface area (Å²) in [5.41, 5.74) is 0. The van der Waals surface area contributed by atoms with E-state index in [9.17, 15) is 4.79 Å². The number of carbonyl (C=O) groups excluding carboxylic acids is 1. The van der Waals surface area contributed by atoms with Gasteiger partial charge in [0.1, 0.15) is 0 Å². The zero-order valence-electron chi connectivity index (χ0n) is 10.5. The molecule has 0 saturated heterocycles. The molecular weight excluding hydrogens is 200 g/mol. The lowest BCUT2D eigenvalue weighted by Crippen LogP contribution is -2.37. The van der Waals surface area contributed by atoms with Crippen molar-refractivity contribution >= 4 is 6.03 Å². The molecule has 1 saturated carbocycles. The first-order valence-corrected chi connectivity index (χ1v) is 6.81. The highest BCUT2D eigenvalue weighted by molar-refractivity contribution is 5.73. The van der Waals surface area contributed by atoms with Crippen LogP contribution in [0.2, 0.25) is 0 Å². The monoisotopic (exact) mass is 225 g/mol. The second-order valence-electron chi connectivity index (χ2n) is 4.71. The lowest BCUT2D eigenvalue weighted by Gasteiger charge is -2.20. The molecule has 0 unspecified atom stereocenters. The normalized spacial score (nSPS) is 17.1. The third-order valence-corrected chi connectivity index (χ3v) is 3.18. The minimum Gasteiger partial charge on any atom is -0.337 e. The van der Waals surface area contributed by atoms with E-state index in [0.717, 1.165) is 25.8 Å². The summed E-state index contributed by atoms with van der Waals surface area (Å²) >= 11 is 0. The van der Waals surface area contributed by atoms with E-state index in [1.165, 1.54) is 38.5 Å². The van der Waals surface area contributed by atoms with Gasteiger partial charge in [-0.2, -0.15) is 0 Å². The first-order chi connectivity index (χ1) is 7.83. The van der Waals surface area contributed by atoms with Crippen molar-refractivity contribution in [1.82, 2.24) is 10.6 Å². The lowest BCUT2D eigenvalue weighted by atomic mass is 9.96. The van der Waals surface area contributed by atoms with Gasteiger partial charge in [0.15, 0.2) is 0 Å². The second-order valence-corrected chi connectivity index (χ2v) is 4.71. The number of unbranched alkanes of at least 4 members (excludes halogenated alkanes) is 3. The Morgan fingerprint density at radius 1 is 1.19 bits per heavy atom. The Morgan fingerprint density at radius 2 is 1.94 bits per heavy atom. The molecule has 0 bridgehead atoms. The van der Waals surface area contributed by atoms with E-state index in [2.05, 4.69) is 17.6 Å². The van der Waals surface area contributed by atoms with Gasteiger partial charge >= 0.3 is 6.03 Å². The second kappa shape index (κ2) is 8.43. The topological polar surface area (TPSA) is 43.2 Å². The zero-order chi connectivity index (χ0) is 11.6. The van der Waals surface area contributed by atoms with Crippen molar-refractivity contribution in [2.24, 2.45) is 0 Å². The molecule has 0 spiro atoms. The minimum atomic E-state index is -0.0941. The molecule has 2 amide bonds. The molecule has 1 aliphatic carbocycles. The molecule has 0 aliphatic heterocycles. The van der Waals surface area contributed by atoms with Crippen LogP contribution < -0.4 is 10.6 Å². The molecule has 0 atom stereocenters. The van der Waals surface area contributed by atoms with Crippen LogP contribution in [-0.2, 0) is 0 Å². The average Bonchev–Trinajstić information content (AvgIpc) is 2.30. The van der Waals surface area contributed by atoms with Gasteiger partial charge in [0.25, 0.3) is 0 Å². The molecule has 0 heterocycles. The van der Waals surface area contributed by atoms with Gasteiger partial charge in [0.05, 0.1) is 6.04 Å². The predicted octanol–water partition coefficient (Wildman–Crippen LogP) is 3.21. The highest BCUT2D eigenvalue weighted by Crippen LogP contribution is 2.17. The number of carbonyl (C=O) groups is 1. The number of hydrogen-bond acceptors (Lipinski definition) is 1. The third-order valence-electron chi connectivity index (χ3n) is 3.18. The Labute approximate surface area is 99.4 Å². The van der Waals surface area contributed by atoms with Gasteiger partial charge in [-0.15, -0.1) is 0 Å². The number of amides is 2. The van der Waals surface area contributed by atoms with Crippen LogP contribution in [0.1, 0.15) is 64.7 Å². The Hall–Kier alpha value is -0.730. The van der Waals surface area contributed by atoms with Crippen LogP contribution in [-0.4, -0.2) is 18.6 Å². The minimum absolute atomic E-state index is 0.0941. The number of hydrogen-bond donors (Lipinski definition) is 1. The molecule has 0 aromatic rings. The predicted molar refractivity (Wildman–Crippen MR) is 66.5 cm³/mol. The summed E-state index contributed by atoms with van der Waals surface area (Å²) in [6, 6.07) is 0.202. The number of nitrogens with zero attached hydrogens (tertiary/aromatic N) is 1. The van der Waals surface area contributed by atoms with Gasteiger partial charge in [0.2, 0.25) is 0 Å². The van der Waals surface area contributed by atoms with Gasteiger partial charge in [-0.05, 0) is 19.3 Å². The van der Waals surface area contributed by atoms with Crippen molar-refractivity contribution < 1.29 is 4.79 Å². The molecule has 0 aromatic carbocycles. The van der Waals surface area contributed by atoms with Crippen molar-refractivity contribution in [3.05, 3.63) is 0 Å². The molecule has 1 N–H and O–H groups in total. The van der Waals surface area contributed by atoms with Gasteiger partial charge in [-0.1, -0.05) is 45.4 Å². The van der Waals surface area contributed by atoms with Crippen molar-refractivity contribution in [1.29, 1.82) is 0 Å². The molecule has 16 heavy (non-hydrogen) atoms. The van der Waals surface area contributed by atoms with Crippen molar-refractivity contribution in [2.75, 3.05) is 6.54 Å². The fraction of sp³-hybridized carbons (Fsp3) is 0.923. The van der Waals surface area contributed by atoms with E-state index in [0.29, 0.717) is 6.04 Å².